The molecule has 2 aromatic carbocycles. The first-order valence-electron chi connectivity index (χ1n) is 9.36. The third-order valence-corrected chi connectivity index (χ3v) is 6.46. The molecule has 1 aliphatic rings. The van der Waals surface area contributed by atoms with Crippen LogP contribution >= 0.6 is 0 Å². The number of carbonyl (C=O) groups is 1. The molecule has 3 rings (SSSR count). The Hall–Kier alpha value is -2.41. The summed E-state index contributed by atoms with van der Waals surface area (Å²) in [5.41, 5.74) is 1.05. The van der Waals surface area contributed by atoms with Crippen LogP contribution in [-0.4, -0.2) is 43.4 Å². The Morgan fingerprint density at radius 1 is 1.21 bits per heavy atom. The topological polar surface area (TPSA) is 63.7 Å². The van der Waals surface area contributed by atoms with Crippen molar-refractivity contribution in [3.05, 3.63) is 65.5 Å². The van der Waals surface area contributed by atoms with Gasteiger partial charge in [-0.05, 0) is 48.7 Å². The molecule has 28 heavy (non-hydrogen) atoms. The fourth-order valence-electron chi connectivity index (χ4n) is 3.32. The van der Waals surface area contributed by atoms with Crippen LogP contribution < -0.4 is 4.74 Å². The summed E-state index contributed by atoms with van der Waals surface area (Å²) in [5, 5.41) is 0. The molecule has 2 aromatic rings. The van der Waals surface area contributed by atoms with Crippen molar-refractivity contribution in [2.45, 2.75) is 32.4 Å². The van der Waals surface area contributed by atoms with E-state index >= 15 is 0 Å². The van der Waals surface area contributed by atoms with Crippen LogP contribution in [0.1, 0.15) is 35.7 Å². The summed E-state index contributed by atoms with van der Waals surface area (Å²) >= 11 is 0. The van der Waals surface area contributed by atoms with Gasteiger partial charge in [-0.15, -0.1) is 0 Å². The van der Waals surface area contributed by atoms with Crippen LogP contribution in [0.5, 0.6) is 5.75 Å². The maximum absolute atomic E-state index is 13.6. The molecule has 1 atom stereocenters. The molecule has 1 aliphatic heterocycles. The van der Waals surface area contributed by atoms with E-state index in [-0.39, 0.29) is 29.8 Å². The number of nitrogens with zero attached hydrogens (tertiary/aromatic N) is 1. The van der Waals surface area contributed by atoms with Gasteiger partial charge in [-0.1, -0.05) is 25.1 Å². The molecule has 150 valence electrons. The van der Waals surface area contributed by atoms with Gasteiger partial charge in [0.05, 0.1) is 18.1 Å². The van der Waals surface area contributed by atoms with E-state index in [1.54, 1.807) is 36.4 Å². The molecular weight excluding hydrogens is 381 g/mol. The molecular formula is C21H24FNO4S. The Bertz CT molecular complexity index is 945. The average molecular weight is 405 g/mol. The van der Waals surface area contributed by atoms with E-state index in [0.29, 0.717) is 29.9 Å². The van der Waals surface area contributed by atoms with E-state index in [9.17, 15) is 17.6 Å². The Labute approximate surface area is 165 Å². The molecule has 0 aromatic heterocycles. The Balaban J connectivity index is 1.88. The summed E-state index contributed by atoms with van der Waals surface area (Å²) in [6, 6.07) is 12.5. The summed E-state index contributed by atoms with van der Waals surface area (Å²) in [6.45, 7) is 2.69. The third-order valence-electron chi connectivity index (χ3n) is 4.71. The molecule has 5 nitrogen and oxygen atoms in total. The molecule has 1 amide bonds. The van der Waals surface area contributed by atoms with Crippen molar-refractivity contribution in [2.75, 3.05) is 18.1 Å². The molecule has 0 aliphatic carbocycles. The van der Waals surface area contributed by atoms with Gasteiger partial charge in [0.25, 0.3) is 5.91 Å². The lowest BCUT2D eigenvalue weighted by Crippen LogP contribution is -2.40. The van der Waals surface area contributed by atoms with Crippen molar-refractivity contribution in [1.29, 1.82) is 0 Å². The molecule has 0 spiro atoms. The molecule has 1 saturated heterocycles. The predicted molar refractivity (Wildman–Crippen MR) is 106 cm³/mol. The van der Waals surface area contributed by atoms with Crippen LogP contribution in [0.15, 0.2) is 48.5 Å². The lowest BCUT2D eigenvalue weighted by molar-refractivity contribution is 0.0680. The summed E-state index contributed by atoms with van der Waals surface area (Å²) < 4.78 is 43.1. The largest absolute Gasteiger partial charge is 0.494 e. The molecule has 7 heteroatoms. The Morgan fingerprint density at radius 2 is 2.00 bits per heavy atom. The van der Waals surface area contributed by atoms with Gasteiger partial charge in [0.1, 0.15) is 11.6 Å². The highest BCUT2D eigenvalue weighted by Crippen LogP contribution is 2.24. The number of sulfone groups is 1. The van der Waals surface area contributed by atoms with E-state index < -0.39 is 15.9 Å². The van der Waals surface area contributed by atoms with Crippen molar-refractivity contribution >= 4 is 15.7 Å². The summed E-state index contributed by atoms with van der Waals surface area (Å²) in [4.78, 5) is 14.8. The fraction of sp³-hybridized carbons (Fsp3) is 0.381. The number of rotatable bonds is 7. The van der Waals surface area contributed by atoms with Crippen LogP contribution in [0, 0.1) is 5.82 Å². The lowest BCUT2D eigenvalue weighted by Gasteiger charge is -2.28. The van der Waals surface area contributed by atoms with Crippen LogP contribution in [0.4, 0.5) is 4.39 Å². The van der Waals surface area contributed by atoms with E-state index in [1.807, 2.05) is 6.92 Å². The van der Waals surface area contributed by atoms with Gasteiger partial charge in [0, 0.05) is 18.2 Å². The van der Waals surface area contributed by atoms with E-state index in [1.165, 1.54) is 17.0 Å². The fourth-order valence-corrected chi connectivity index (χ4v) is 5.06. The first-order valence-corrected chi connectivity index (χ1v) is 11.2. The zero-order chi connectivity index (χ0) is 20.1. The van der Waals surface area contributed by atoms with Gasteiger partial charge in [-0.3, -0.25) is 4.79 Å². The highest BCUT2D eigenvalue weighted by atomic mass is 32.2. The summed E-state index contributed by atoms with van der Waals surface area (Å²) in [7, 11) is -3.17. The molecule has 0 bridgehead atoms. The molecule has 0 N–H and O–H groups in total. The zero-order valence-corrected chi connectivity index (χ0v) is 16.6. The van der Waals surface area contributed by atoms with Crippen molar-refractivity contribution in [3.63, 3.8) is 0 Å². The second-order valence-corrected chi connectivity index (χ2v) is 9.22. The predicted octanol–water partition coefficient (Wildman–Crippen LogP) is 3.44. The Morgan fingerprint density at radius 3 is 2.68 bits per heavy atom. The monoisotopic (exact) mass is 405 g/mol. The van der Waals surface area contributed by atoms with Crippen molar-refractivity contribution < 1.29 is 22.3 Å². The van der Waals surface area contributed by atoms with E-state index in [2.05, 4.69) is 0 Å². The van der Waals surface area contributed by atoms with Crippen LogP contribution in [0.3, 0.4) is 0 Å². The zero-order valence-electron chi connectivity index (χ0n) is 15.8. The number of carbonyl (C=O) groups excluding carboxylic acids is 1. The first kappa shape index (κ1) is 20.3. The maximum Gasteiger partial charge on any atom is 0.254 e. The number of hydrogen-bond donors (Lipinski definition) is 0. The van der Waals surface area contributed by atoms with Gasteiger partial charge in [0.15, 0.2) is 9.84 Å². The second kappa shape index (κ2) is 8.73. The number of hydrogen-bond acceptors (Lipinski definition) is 4. The minimum atomic E-state index is -3.17. The van der Waals surface area contributed by atoms with Gasteiger partial charge < -0.3 is 9.64 Å². The van der Waals surface area contributed by atoms with Gasteiger partial charge in [-0.25, -0.2) is 12.8 Å². The normalized spacial score (nSPS) is 18.0. The lowest BCUT2D eigenvalue weighted by atomic mass is 10.1. The third kappa shape index (κ3) is 5.10. The highest BCUT2D eigenvalue weighted by molar-refractivity contribution is 7.91. The summed E-state index contributed by atoms with van der Waals surface area (Å²) in [5.74, 6) is -0.0886. The van der Waals surface area contributed by atoms with Crippen molar-refractivity contribution in [1.82, 2.24) is 4.90 Å². The number of amides is 1. The quantitative estimate of drug-likeness (QED) is 0.708. The van der Waals surface area contributed by atoms with Gasteiger partial charge >= 0.3 is 0 Å². The first-order chi connectivity index (χ1) is 13.4. The van der Waals surface area contributed by atoms with Crippen LogP contribution in [0.25, 0.3) is 0 Å². The van der Waals surface area contributed by atoms with Gasteiger partial charge in [-0.2, -0.15) is 0 Å². The van der Waals surface area contributed by atoms with E-state index in [0.717, 1.165) is 6.42 Å². The number of ether oxygens (including phenoxy) is 1. The minimum Gasteiger partial charge on any atom is -0.494 e. The second-order valence-electron chi connectivity index (χ2n) is 7.00. The van der Waals surface area contributed by atoms with Gasteiger partial charge in [0.2, 0.25) is 0 Å². The smallest absolute Gasteiger partial charge is 0.254 e. The van der Waals surface area contributed by atoms with Crippen LogP contribution in [0.2, 0.25) is 0 Å². The van der Waals surface area contributed by atoms with Crippen molar-refractivity contribution in [2.24, 2.45) is 0 Å². The molecule has 1 heterocycles. The van der Waals surface area contributed by atoms with Crippen molar-refractivity contribution in [3.8, 4) is 5.75 Å². The molecule has 0 radical (unpaired) electrons. The highest BCUT2D eigenvalue weighted by Gasteiger charge is 2.35. The van der Waals surface area contributed by atoms with Crippen LogP contribution in [-0.2, 0) is 16.4 Å². The SMILES string of the molecule is CCCOc1cccc(C(=O)N(Cc2cccc(F)c2)[C@@H]2CCS(=O)(=O)C2)c1. The summed E-state index contributed by atoms with van der Waals surface area (Å²) in [6.07, 6.45) is 1.24. The standard InChI is InChI=1S/C21H24FNO4S/c1-2-10-27-20-8-4-6-17(13-20)21(24)23(19-9-11-28(25,26)15-19)14-16-5-3-7-18(22)12-16/h3-8,12-13,19H,2,9-11,14-15H2,1H3/t19-/m1/s1. The molecule has 1 fully saturated rings. The molecule has 0 unspecified atom stereocenters. The number of benzene rings is 2. The van der Waals surface area contributed by atoms with E-state index in [4.69, 9.17) is 4.74 Å². The Kier molecular flexibility index (Phi) is 6.34. The average Bonchev–Trinajstić information content (AvgIpc) is 3.03. The number of halogens is 1. The minimum absolute atomic E-state index is 0.0598. The molecule has 0 saturated carbocycles. The maximum atomic E-state index is 13.6.